The highest BCUT2D eigenvalue weighted by Crippen LogP contribution is 2.28. The van der Waals surface area contributed by atoms with Crippen LogP contribution in [0.3, 0.4) is 0 Å². The molecule has 1 atom stereocenters. The molecule has 1 unspecified atom stereocenters. The fourth-order valence-corrected chi connectivity index (χ4v) is 2.57. The SMILES string of the molecule is CC(CC1CCCCC1)S(N)(=O)=O. The van der Waals surface area contributed by atoms with E-state index in [0.717, 1.165) is 6.42 Å². The topological polar surface area (TPSA) is 60.2 Å². The maximum Gasteiger partial charge on any atom is 0.211 e. The van der Waals surface area contributed by atoms with Crippen molar-refractivity contribution >= 4 is 10.0 Å². The molecule has 0 aliphatic heterocycles. The van der Waals surface area contributed by atoms with Crippen molar-refractivity contribution in [3.63, 3.8) is 0 Å². The quantitative estimate of drug-likeness (QED) is 0.761. The first kappa shape index (κ1) is 11.0. The second-order valence-corrected chi connectivity index (χ2v) is 6.12. The molecule has 0 radical (unpaired) electrons. The van der Waals surface area contributed by atoms with E-state index in [9.17, 15) is 8.42 Å². The Morgan fingerprint density at radius 1 is 1.31 bits per heavy atom. The highest BCUT2D eigenvalue weighted by molar-refractivity contribution is 7.89. The van der Waals surface area contributed by atoms with Gasteiger partial charge in [-0.1, -0.05) is 32.1 Å². The Morgan fingerprint density at radius 3 is 2.31 bits per heavy atom. The summed E-state index contributed by atoms with van der Waals surface area (Å²) in [5.41, 5.74) is 0. The lowest BCUT2D eigenvalue weighted by molar-refractivity contribution is 0.336. The van der Waals surface area contributed by atoms with Crippen molar-refractivity contribution in [3.8, 4) is 0 Å². The third-order valence-electron chi connectivity index (χ3n) is 2.95. The average Bonchev–Trinajstić information content (AvgIpc) is 2.04. The van der Waals surface area contributed by atoms with Crippen molar-refractivity contribution in [2.45, 2.75) is 50.7 Å². The van der Waals surface area contributed by atoms with Crippen LogP contribution in [0.25, 0.3) is 0 Å². The van der Waals surface area contributed by atoms with Gasteiger partial charge in [0.1, 0.15) is 0 Å². The smallest absolute Gasteiger partial charge is 0.211 e. The maximum absolute atomic E-state index is 11.0. The monoisotopic (exact) mass is 205 g/mol. The van der Waals surface area contributed by atoms with Gasteiger partial charge in [0, 0.05) is 0 Å². The van der Waals surface area contributed by atoms with Crippen LogP contribution in [-0.2, 0) is 10.0 Å². The number of primary sulfonamides is 1. The van der Waals surface area contributed by atoms with Crippen LogP contribution in [0, 0.1) is 5.92 Å². The summed E-state index contributed by atoms with van der Waals surface area (Å²) in [6.07, 6.45) is 6.92. The number of sulfonamides is 1. The van der Waals surface area contributed by atoms with E-state index >= 15 is 0 Å². The summed E-state index contributed by atoms with van der Waals surface area (Å²) < 4.78 is 22.0. The minimum Gasteiger partial charge on any atom is -0.228 e. The van der Waals surface area contributed by atoms with E-state index in [2.05, 4.69) is 0 Å². The Bertz CT molecular complexity index is 242. The van der Waals surface area contributed by atoms with Crippen LogP contribution in [0.2, 0.25) is 0 Å². The van der Waals surface area contributed by atoms with Gasteiger partial charge in [0.2, 0.25) is 10.0 Å². The van der Waals surface area contributed by atoms with Crippen molar-refractivity contribution in [2.24, 2.45) is 11.1 Å². The third kappa shape index (κ3) is 3.65. The summed E-state index contributed by atoms with van der Waals surface area (Å²) in [7, 11) is -3.30. The predicted molar refractivity (Wildman–Crippen MR) is 53.8 cm³/mol. The van der Waals surface area contributed by atoms with Crippen LogP contribution in [0.1, 0.15) is 45.4 Å². The van der Waals surface area contributed by atoms with Crippen LogP contribution in [-0.4, -0.2) is 13.7 Å². The first-order valence-corrected chi connectivity index (χ1v) is 6.62. The van der Waals surface area contributed by atoms with Gasteiger partial charge < -0.3 is 0 Å². The molecule has 0 saturated heterocycles. The Labute approximate surface area is 80.8 Å². The summed E-state index contributed by atoms with van der Waals surface area (Å²) >= 11 is 0. The van der Waals surface area contributed by atoms with Gasteiger partial charge in [-0.25, -0.2) is 13.6 Å². The number of hydrogen-bond donors (Lipinski definition) is 1. The first-order valence-electron chi connectivity index (χ1n) is 5.02. The fraction of sp³-hybridized carbons (Fsp3) is 1.00. The minimum atomic E-state index is -3.30. The van der Waals surface area contributed by atoms with Gasteiger partial charge in [-0.05, 0) is 19.3 Å². The number of hydrogen-bond acceptors (Lipinski definition) is 2. The van der Waals surface area contributed by atoms with Gasteiger partial charge in [-0.2, -0.15) is 0 Å². The van der Waals surface area contributed by atoms with Gasteiger partial charge in [-0.3, -0.25) is 0 Å². The third-order valence-corrected chi connectivity index (χ3v) is 4.26. The molecule has 0 spiro atoms. The predicted octanol–water partition coefficient (Wildman–Crippen LogP) is 1.63. The van der Waals surface area contributed by atoms with Crippen LogP contribution >= 0.6 is 0 Å². The lowest BCUT2D eigenvalue weighted by atomic mass is 9.86. The van der Waals surface area contributed by atoms with E-state index in [0.29, 0.717) is 5.92 Å². The van der Waals surface area contributed by atoms with Crippen molar-refractivity contribution in [1.82, 2.24) is 0 Å². The molecular formula is C9H19NO2S. The Kier molecular flexibility index (Phi) is 3.74. The second kappa shape index (κ2) is 4.42. The molecule has 78 valence electrons. The highest BCUT2D eigenvalue weighted by Gasteiger charge is 2.22. The molecule has 2 N–H and O–H groups in total. The van der Waals surface area contributed by atoms with E-state index in [1.807, 2.05) is 0 Å². The van der Waals surface area contributed by atoms with Gasteiger partial charge in [-0.15, -0.1) is 0 Å². The first-order chi connectivity index (χ1) is 6.00. The lowest BCUT2D eigenvalue weighted by Crippen LogP contribution is -2.28. The Balaban J connectivity index is 2.39. The minimum absolute atomic E-state index is 0.365. The van der Waals surface area contributed by atoms with E-state index < -0.39 is 10.0 Å². The van der Waals surface area contributed by atoms with Crippen LogP contribution < -0.4 is 5.14 Å². The molecule has 1 saturated carbocycles. The molecule has 0 aromatic rings. The number of rotatable bonds is 3. The zero-order valence-corrected chi connectivity index (χ0v) is 9.02. The molecule has 3 nitrogen and oxygen atoms in total. The summed E-state index contributed by atoms with van der Waals surface area (Å²) in [4.78, 5) is 0. The van der Waals surface area contributed by atoms with Crippen LogP contribution in [0.5, 0.6) is 0 Å². The van der Waals surface area contributed by atoms with Crippen LogP contribution in [0.4, 0.5) is 0 Å². The highest BCUT2D eigenvalue weighted by atomic mass is 32.2. The van der Waals surface area contributed by atoms with Crippen LogP contribution in [0.15, 0.2) is 0 Å². The van der Waals surface area contributed by atoms with E-state index in [1.54, 1.807) is 6.92 Å². The average molecular weight is 205 g/mol. The normalized spacial score (nSPS) is 22.9. The molecular weight excluding hydrogens is 186 g/mol. The van der Waals surface area contributed by atoms with Crippen molar-refractivity contribution in [3.05, 3.63) is 0 Å². The fourth-order valence-electron chi connectivity index (χ4n) is 2.03. The Morgan fingerprint density at radius 2 is 1.85 bits per heavy atom. The summed E-state index contributed by atoms with van der Waals surface area (Å²) in [6.45, 7) is 1.71. The molecule has 1 fully saturated rings. The standard InChI is InChI=1S/C9H19NO2S/c1-8(13(10,11)12)7-9-5-3-2-4-6-9/h8-9H,2-7H2,1H3,(H2,10,11,12). The lowest BCUT2D eigenvalue weighted by Gasteiger charge is -2.23. The Hall–Kier alpha value is -0.0900. The molecule has 1 aliphatic rings. The van der Waals surface area contributed by atoms with E-state index in [-0.39, 0.29) is 5.25 Å². The maximum atomic E-state index is 11.0. The van der Waals surface area contributed by atoms with Gasteiger partial charge in [0.05, 0.1) is 5.25 Å². The van der Waals surface area contributed by atoms with Gasteiger partial charge >= 0.3 is 0 Å². The molecule has 0 amide bonds. The van der Waals surface area contributed by atoms with Crippen molar-refractivity contribution < 1.29 is 8.42 Å². The molecule has 1 rings (SSSR count). The van der Waals surface area contributed by atoms with Gasteiger partial charge in [0.15, 0.2) is 0 Å². The summed E-state index contributed by atoms with van der Waals surface area (Å²) in [5.74, 6) is 0.585. The molecule has 4 heteroatoms. The molecule has 13 heavy (non-hydrogen) atoms. The van der Waals surface area contributed by atoms with E-state index in [4.69, 9.17) is 5.14 Å². The molecule has 0 aromatic carbocycles. The largest absolute Gasteiger partial charge is 0.228 e. The molecule has 1 aliphatic carbocycles. The van der Waals surface area contributed by atoms with Gasteiger partial charge in [0.25, 0.3) is 0 Å². The summed E-state index contributed by atoms with van der Waals surface area (Å²) in [5, 5.41) is 4.70. The second-order valence-electron chi connectivity index (χ2n) is 4.14. The molecule has 0 bridgehead atoms. The van der Waals surface area contributed by atoms with Crippen molar-refractivity contribution in [1.29, 1.82) is 0 Å². The van der Waals surface area contributed by atoms with E-state index in [1.165, 1.54) is 32.1 Å². The number of nitrogens with two attached hydrogens (primary N) is 1. The molecule has 0 aromatic heterocycles. The zero-order chi connectivity index (χ0) is 9.90. The van der Waals surface area contributed by atoms with Crippen molar-refractivity contribution in [2.75, 3.05) is 0 Å². The summed E-state index contributed by atoms with van der Waals surface area (Å²) in [6, 6.07) is 0. The zero-order valence-electron chi connectivity index (χ0n) is 8.20. The molecule has 0 heterocycles.